The van der Waals surface area contributed by atoms with Gasteiger partial charge in [-0.15, -0.1) is 0 Å². The summed E-state index contributed by atoms with van der Waals surface area (Å²) in [7, 11) is 0. The van der Waals surface area contributed by atoms with E-state index < -0.39 is 28.8 Å². The van der Waals surface area contributed by atoms with E-state index in [4.69, 9.17) is 9.15 Å². The minimum atomic E-state index is -1.67. The number of para-hydroxylation sites is 1. The second-order valence-corrected chi connectivity index (χ2v) is 11.5. The van der Waals surface area contributed by atoms with Crippen molar-refractivity contribution in [1.82, 2.24) is 5.32 Å². The molecule has 4 aromatic rings. The Balaban J connectivity index is 1.73. The molecule has 1 aliphatic heterocycles. The fourth-order valence-corrected chi connectivity index (χ4v) is 5.40. The summed E-state index contributed by atoms with van der Waals surface area (Å²) in [5.74, 6) is -0.411. The molecule has 1 N–H and O–H groups in total. The molecular weight excluding hydrogens is 574 g/mol. The van der Waals surface area contributed by atoms with Crippen LogP contribution in [0, 0.1) is 11.3 Å². The van der Waals surface area contributed by atoms with E-state index in [1.165, 1.54) is 0 Å². The summed E-state index contributed by atoms with van der Waals surface area (Å²) in [6.45, 7) is 5.44. The highest BCUT2D eigenvalue weighted by molar-refractivity contribution is 9.10. The normalized spacial score (nSPS) is 16.5. The Morgan fingerprint density at radius 1 is 1.07 bits per heavy atom. The molecule has 1 atom stereocenters. The lowest BCUT2D eigenvalue weighted by molar-refractivity contribution is -0.124. The number of fused-ring (bicyclic) bond motifs is 2. The van der Waals surface area contributed by atoms with E-state index in [-0.39, 0.29) is 24.1 Å². The van der Waals surface area contributed by atoms with Crippen LogP contribution in [0.1, 0.15) is 43.0 Å². The van der Waals surface area contributed by atoms with Gasteiger partial charge in [0.1, 0.15) is 22.8 Å². The monoisotopic (exact) mass is 599 g/mol. The van der Waals surface area contributed by atoms with Gasteiger partial charge in [-0.1, -0.05) is 64.5 Å². The lowest BCUT2D eigenvalue weighted by Crippen LogP contribution is -2.55. The molecule has 2 amide bonds. The quantitative estimate of drug-likeness (QED) is 0.284. The zero-order chi connectivity index (χ0) is 28.7. The van der Waals surface area contributed by atoms with Gasteiger partial charge >= 0.3 is 11.7 Å². The molecule has 8 nitrogen and oxygen atoms in total. The van der Waals surface area contributed by atoms with Crippen molar-refractivity contribution in [3.63, 3.8) is 0 Å². The third kappa shape index (κ3) is 4.98. The third-order valence-electron chi connectivity index (χ3n) is 6.69. The number of benzene rings is 3. The highest BCUT2D eigenvalue weighted by atomic mass is 79.9. The van der Waals surface area contributed by atoms with Crippen LogP contribution in [0.2, 0.25) is 0 Å². The number of ether oxygens (including phenoxy) is 1. The van der Waals surface area contributed by atoms with Crippen molar-refractivity contribution in [3.05, 3.63) is 110 Å². The fraction of sp³-hybridized carbons (Fsp3) is 0.226. The molecule has 0 aliphatic carbocycles. The first-order chi connectivity index (χ1) is 19.0. The third-order valence-corrected chi connectivity index (χ3v) is 7.19. The summed E-state index contributed by atoms with van der Waals surface area (Å²) in [6.07, 6.45) is -0.981. The predicted octanol–water partition coefficient (Wildman–Crippen LogP) is 5.94. The maximum absolute atomic E-state index is 14.5. The first kappa shape index (κ1) is 27.2. The zero-order valence-electron chi connectivity index (χ0n) is 22.2. The standard InChI is InChI=1S/C31H26BrN3O5/c1-30(2,3)40-29(38)34-31(16-22-21-14-13-20(32)15-26(21)39-27(36)23(22)17-33)24-11-7-8-12-25(24)35(28(31)37)18-19-9-5-4-6-10-19/h4-15H,16,18H2,1-3H3,(H,34,38)/t31-/m1/s1. The SMILES string of the molecule is CC(C)(C)OC(=O)N[C@@]1(Cc2c(C#N)c(=O)oc3cc(Br)ccc23)C(=O)N(Cc2ccccc2)c2ccccc21. The van der Waals surface area contributed by atoms with E-state index >= 15 is 0 Å². The van der Waals surface area contributed by atoms with Crippen molar-refractivity contribution in [1.29, 1.82) is 5.26 Å². The van der Waals surface area contributed by atoms with Gasteiger partial charge in [-0.2, -0.15) is 5.26 Å². The van der Waals surface area contributed by atoms with E-state index in [1.807, 2.05) is 48.5 Å². The Morgan fingerprint density at radius 2 is 1.77 bits per heavy atom. The second kappa shape index (κ2) is 10.3. The van der Waals surface area contributed by atoms with Crippen LogP contribution in [0.3, 0.4) is 0 Å². The summed E-state index contributed by atoms with van der Waals surface area (Å²) < 4.78 is 11.7. The molecule has 3 aromatic carbocycles. The van der Waals surface area contributed by atoms with Crippen molar-refractivity contribution in [2.24, 2.45) is 0 Å². The largest absolute Gasteiger partial charge is 0.444 e. The number of carbonyl (C=O) groups is 2. The maximum Gasteiger partial charge on any atom is 0.408 e. The van der Waals surface area contributed by atoms with Gasteiger partial charge in [0.15, 0.2) is 5.54 Å². The number of halogens is 1. The molecule has 40 heavy (non-hydrogen) atoms. The zero-order valence-corrected chi connectivity index (χ0v) is 23.7. The highest BCUT2D eigenvalue weighted by Crippen LogP contribution is 2.44. The molecule has 1 aromatic heterocycles. The summed E-state index contributed by atoms with van der Waals surface area (Å²) in [5, 5.41) is 13.3. The van der Waals surface area contributed by atoms with Crippen LogP contribution in [0.25, 0.3) is 11.0 Å². The first-order valence-corrected chi connectivity index (χ1v) is 13.4. The number of rotatable bonds is 5. The maximum atomic E-state index is 14.5. The Kier molecular flexibility index (Phi) is 6.98. The molecule has 0 radical (unpaired) electrons. The van der Waals surface area contributed by atoms with Crippen LogP contribution in [0.4, 0.5) is 10.5 Å². The van der Waals surface area contributed by atoms with Gasteiger partial charge in [-0.3, -0.25) is 4.79 Å². The van der Waals surface area contributed by atoms with Crippen molar-refractivity contribution < 1.29 is 18.7 Å². The highest BCUT2D eigenvalue weighted by Gasteiger charge is 2.53. The smallest absolute Gasteiger partial charge is 0.408 e. The number of nitrogens with zero attached hydrogens (tertiary/aromatic N) is 2. The van der Waals surface area contributed by atoms with Gasteiger partial charge in [-0.05, 0) is 56.2 Å². The van der Waals surface area contributed by atoms with Gasteiger partial charge in [-0.25, -0.2) is 9.59 Å². The van der Waals surface area contributed by atoms with Crippen molar-refractivity contribution in [3.8, 4) is 6.07 Å². The van der Waals surface area contributed by atoms with E-state index in [0.717, 1.165) is 5.56 Å². The molecule has 2 heterocycles. The number of hydrogen-bond donors (Lipinski definition) is 1. The molecule has 5 rings (SSSR count). The number of nitrogens with one attached hydrogen (secondary N) is 1. The molecule has 0 bridgehead atoms. The average Bonchev–Trinajstić information content (AvgIpc) is 3.11. The Hall–Kier alpha value is -4.42. The van der Waals surface area contributed by atoms with Gasteiger partial charge in [0.25, 0.3) is 5.91 Å². The van der Waals surface area contributed by atoms with Crippen molar-refractivity contribution in [2.75, 3.05) is 4.90 Å². The summed E-state index contributed by atoms with van der Waals surface area (Å²) in [6, 6.07) is 23.7. The molecule has 1 aliphatic rings. The van der Waals surface area contributed by atoms with Gasteiger partial charge in [0, 0.05) is 21.8 Å². The van der Waals surface area contributed by atoms with Gasteiger partial charge in [0.2, 0.25) is 0 Å². The Labute approximate surface area is 239 Å². The van der Waals surface area contributed by atoms with Crippen LogP contribution in [0.15, 0.2) is 86.5 Å². The predicted molar refractivity (Wildman–Crippen MR) is 154 cm³/mol. The minimum absolute atomic E-state index is 0.181. The van der Waals surface area contributed by atoms with Crippen LogP contribution in [0.5, 0.6) is 0 Å². The number of carbonyl (C=O) groups excluding carboxylic acids is 2. The molecule has 202 valence electrons. The van der Waals surface area contributed by atoms with Crippen LogP contribution >= 0.6 is 15.9 Å². The summed E-state index contributed by atoms with van der Waals surface area (Å²) in [5.41, 5.74) is -0.976. The molecule has 0 saturated carbocycles. The van der Waals surface area contributed by atoms with Crippen LogP contribution in [-0.2, 0) is 28.0 Å². The van der Waals surface area contributed by atoms with Crippen LogP contribution in [-0.4, -0.2) is 17.6 Å². The molecule has 0 saturated heterocycles. The van der Waals surface area contributed by atoms with Crippen molar-refractivity contribution in [2.45, 2.75) is 44.9 Å². The second-order valence-electron chi connectivity index (χ2n) is 10.6. The topological polar surface area (TPSA) is 113 Å². The molecule has 0 spiro atoms. The van der Waals surface area contributed by atoms with Gasteiger partial charge < -0.3 is 19.4 Å². The molecule has 0 fully saturated rings. The van der Waals surface area contributed by atoms with Crippen LogP contribution < -0.4 is 15.8 Å². The first-order valence-electron chi connectivity index (χ1n) is 12.6. The van der Waals surface area contributed by atoms with E-state index in [2.05, 4.69) is 21.2 Å². The number of amides is 2. The summed E-state index contributed by atoms with van der Waals surface area (Å²) in [4.78, 5) is 42.4. The number of nitriles is 1. The minimum Gasteiger partial charge on any atom is -0.444 e. The lowest BCUT2D eigenvalue weighted by Gasteiger charge is -2.32. The average molecular weight is 600 g/mol. The van der Waals surface area contributed by atoms with E-state index in [0.29, 0.717) is 26.7 Å². The van der Waals surface area contributed by atoms with Crippen molar-refractivity contribution >= 4 is 44.6 Å². The van der Waals surface area contributed by atoms with E-state index in [9.17, 15) is 19.6 Å². The lowest BCUT2D eigenvalue weighted by atomic mass is 9.82. The number of alkyl carbamates (subject to hydrolysis) is 1. The van der Waals surface area contributed by atoms with E-state index in [1.54, 1.807) is 56.0 Å². The molecule has 9 heteroatoms. The fourth-order valence-electron chi connectivity index (χ4n) is 5.06. The number of anilines is 1. The van der Waals surface area contributed by atoms with Gasteiger partial charge in [0.05, 0.1) is 12.2 Å². The Bertz CT molecular complexity index is 1740. The number of hydrogen-bond acceptors (Lipinski definition) is 6. The molecule has 0 unspecified atom stereocenters. The Morgan fingerprint density at radius 3 is 2.48 bits per heavy atom. The molecular formula is C31H26BrN3O5. The summed E-state index contributed by atoms with van der Waals surface area (Å²) >= 11 is 3.39.